The third kappa shape index (κ3) is 6.70. The minimum absolute atomic E-state index is 0.126. The first-order valence-electron chi connectivity index (χ1n) is 7.84. The lowest BCUT2D eigenvalue weighted by Crippen LogP contribution is -2.37. The van der Waals surface area contributed by atoms with Crippen molar-refractivity contribution in [3.05, 3.63) is 29.3 Å². The number of rotatable bonds is 7. The highest BCUT2D eigenvalue weighted by Crippen LogP contribution is 2.26. The van der Waals surface area contributed by atoms with Crippen LogP contribution in [0.2, 0.25) is 0 Å². The number of nitrogens with one attached hydrogen (secondary N) is 1. The molecule has 2 N–H and O–H groups in total. The fourth-order valence-corrected chi connectivity index (χ4v) is 2.03. The number of benzene rings is 1. The second-order valence-corrected chi connectivity index (χ2v) is 6.51. The number of carbonyl (C=O) groups excluding carboxylic acids is 1. The molecule has 0 aliphatic heterocycles. The van der Waals surface area contributed by atoms with E-state index < -0.39 is 23.3 Å². The predicted octanol–water partition coefficient (Wildman–Crippen LogP) is 3.18. The van der Waals surface area contributed by atoms with Crippen LogP contribution in [0.4, 0.5) is 13.6 Å². The van der Waals surface area contributed by atoms with Gasteiger partial charge in [-0.15, -0.1) is 0 Å². The van der Waals surface area contributed by atoms with E-state index in [9.17, 15) is 13.6 Å². The number of aliphatic hydroxyl groups is 1. The number of alkyl carbamates (subject to hydrolysis) is 1. The van der Waals surface area contributed by atoms with Crippen molar-refractivity contribution in [3.8, 4) is 5.75 Å². The zero-order chi connectivity index (χ0) is 18.3. The van der Waals surface area contributed by atoms with Crippen LogP contribution in [0.1, 0.15) is 39.7 Å². The molecule has 0 aliphatic rings. The Morgan fingerprint density at radius 3 is 2.58 bits per heavy atom. The maximum absolute atomic E-state index is 13.8. The number of amides is 1. The van der Waals surface area contributed by atoms with Gasteiger partial charge in [-0.05, 0) is 52.2 Å². The Balaban J connectivity index is 2.66. The molecule has 7 heteroatoms. The van der Waals surface area contributed by atoms with Crippen LogP contribution in [0.5, 0.6) is 5.75 Å². The van der Waals surface area contributed by atoms with Crippen LogP contribution in [-0.4, -0.2) is 36.1 Å². The van der Waals surface area contributed by atoms with Crippen molar-refractivity contribution in [2.45, 2.75) is 52.2 Å². The number of hydrogen-bond donors (Lipinski definition) is 2. The largest absolute Gasteiger partial charge is 0.488 e. The molecule has 1 aromatic carbocycles. The van der Waals surface area contributed by atoms with Crippen molar-refractivity contribution < 1.29 is 28.2 Å². The molecule has 0 saturated heterocycles. The topological polar surface area (TPSA) is 67.8 Å². The quantitative estimate of drug-likeness (QED) is 0.796. The first-order chi connectivity index (χ1) is 11.1. The second-order valence-electron chi connectivity index (χ2n) is 6.51. The molecule has 0 heterocycles. The van der Waals surface area contributed by atoms with Crippen LogP contribution in [0.15, 0.2) is 12.1 Å². The SMILES string of the molecule is CC(CCc1ccc(F)c(F)c1OCCO)NC(=O)OC(C)(C)C. The summed E-state index contributed by atoms with van der Waals surface area (Å²) >= 11 is 0. The summed E-state index contributed by atoms with van der Waals surface area (Å²) in [5.74, 6) is -2.28. The van der Waals surface area contributed by atoms with Crippen molar-refractivity contribution in [2.75, 3.05) is 13.2 Å². The highest BCUT2D eigenvalue weighted by molar-refractivity contribution is 5.68. The fraction of sp³-hybridized carbons (Fsp3) is 0.588. The third-order valence-electron chi connectivity index (χ3n) is 3.08. The zero-order valence-electron chi connectivity index (χ0n) is 14.5. The van der Waals surface area contributed by atoms with E-state index >= 15 is 0 Å². The Morgan fingerprint density at radius 2 is 2.00 bits per heavy atom. The zero-order valence-corrected chi connectivity index (χ0v) is 14.5. The Hall–Kier alpha value is -1.89. The maximum Gasteiger partial charge on any atom is 0.407 e. The molecule has 1 atom stereocenters. The van der Waals surface area contributed by atoms with Gasteiger partial charge in [0.15, 0.2) is 11.6 Å². The maximum atomic E-state index is 13.8. The van der Waals surface area contributed by atoms with E-state index in [1.807, 2.05) is 0 Å². The highest BCUT2D eigenvalue weighted by Gasteiger charge is 2.19. The molecule has 1 aromatic rings. The van der Waals surface area contributed by atoms with Gasteiger partial charge < -0.3 is 19.9 Å². The van der Waals surface area contributed by atoms with Crippen molar-refractivity contribution in [3.63, 3.8) is 0 Å². The molecule has 0 aromatic heterocycles. The molecule has 0 spiro atoms. The van der Waals surface area contributed by atoms with E-state index in [4.69, 9.17) is 14.6 Å². The summed E-state index contributed by atoms with van der Waals surface area (Å²) in [6, 6.07) is 2.24. The number of carbonyl (C=O) groups is 1. The van der Waals surface area contributed by atoms with E-state index in [1.54, 1.807) is 27.7 Å². The van der Waals surface area contributed by atoms with Gasteiger partial charge in [0.1, 0.15) is 12.2 Å². The van der Waals surface area contributed by atoms with Crippen LogP contribution in [0.25, 0.3) is 0 Å². The lowest BCUT2D eigenvalue weighted by atomic mass is 10.0. The summed E-state index contributed by atoms with van der Waals surface area (Å²) in [4.78, 5) is 11.7. The van der Waals surface area contributed by atoms with E-state index in [-0.39, 0.29) is 25.0 Å². The lowest BCUT2D eigenvalue weighted by Gasteiger charge is -2.22. The molecule has 0 fully saturated rings. The minimum Gasteiger partial charge on any atom is -0.488 e. The Labute approximate surface area is 141 Å². The van der Waals surface area contributed by atoms with Crippen LogP contribution in [-0.2, 0) is 11.2 Å². The fourth-order valence-electron chi connectivity index (χ4n) is 2.03. The molecular weight excluding hydrogens is 320 g/mol. The van der Waals surface area contributed by atoms with Crippen LogP contribution in [0.3, 0.4) is 0 Å². The molecular formula is C17H25F2NO4. The first kappa shape index (κ1) is 20.2. The van der Waals surface area contributed by atoms with Crippen LogP contribution in [0, 0.1) is 11.6 Å². The summed E-state index contributed by atoms with van der Waals surface area (Å²) in [5, 5.41) is 11.5. The first-order valence-corrected chi connectivity index (χ1v) is 7.84. The molecule has 0 aliphatic carbocycles. The number of ether oxygens (including phenoxy) is 2. The van der Waals surface area contributed by atoms with Gasteiger partial charge in [0.2, 0.25) is 5.82 Å². The summed E-state index contributed by atoms with van der Waals surface area (Å²) < 4.78 is 37.4. The van der Waals surface area contributed by atoms with E-state index in [0.717, 1.165) is 6.07 Å². The third-order valence-corrected chi connectivity index (χ3v) is 3.08. The molecule has 24 heavy (non-hydrogen) atoms. The van der Waals surface area contributed by atoms with Crippen LogP contribution >= 0.6 is 0 Å². The molecule has 5 nitrogen and oxygen atoms in total. The standard InChI is InChI=1S/C17H25F2NO4/c1-11(20-16(22)24-17(2,3)4)5-6-12-7-8-13(18)14(19)15(12)23-10-9-21/h7-8,11,21H,5-6,9-10H2,1-4H3,(H,20,22). The van der Waals surface area contributed by atoms with Gasteiger partial charge in [-0.1, -0.05) is 6.07 Å². The van der Waals surface area contributed by atoms with E-state index in [1.165, 1.54) is 6.07 Å². The Bertz CT molecular complexity index is 558. The Kier molecular flexibility index (Phi) is 7.41. The van der Waals surface area contributed by atoms with Gasteiger partial charge in [-0.3, -0.25) is 0 Å². The normalized spacial score (nSPS) is 12.6. The number of halogens is 2. The molecule has 0 bridgehead atoms. The smallest absolute Gasteiger partial charge is 0.407 e. The highest BCUT2D eigenvalue weighted by atomic mass is 19.2. The summed E-state index contributed by atoms with van der Waals surface area (Å²) in [6.45, 7) is 6.67. The van der Waals surface area contributed by atoms with E-state index in [0.29, 0.717) is 18.4 Å². The molecule has 136 valence electrons. The molecule has 1 rings (SSSR count). The average Bonchev–Trinajstić information content (AvgIpc) is 2.45. The van der Waals surface area contributed by atoms with Crippen molar-refractivity contribution in [1.82, 2.24) is 5.32 Å². The Morgan fingerprint density at radius 1 is 1.33 bits per heavy atom. The average molecular weight is 345 g/mol. The molecule has 1 unspecified atom stereocenters. The second kappa shape index (κ2) is 8.82. The van der Waals surface area contributed by atoms with Gasteiger partial charge in [-0.2, -0.15) is 4.39 Å². The van der Waals surface area contributed by atoms with Gasteiger partial charge >= 0.3 is 6.09 Å². The predicted molar refractivity (Wildman–Crippen MR) is 86.1 cm³/mol. The number of hydrogen-bond acceptors (Lipinski definition) is 4. The van der Waals surface area contributed by atoms with Gasteiger partial charge in [-0.25, -0.2) is 9.18 Å². The summed E-state index contributed by atoms with van der Waals surface area (Å²) in [6.07, 6.45) is 0.325. The molecule has 0 saturated carbocycles. The number of aryl methyl sites for hydroxylation is 1. The summed E-state index contributed by atoms with van der Waals surface area (Å²) in [5.41, 5.74) is -0.116. The van der Waals surface area contributed by atoms with Crippen LogP contribution < -0.4 is 10.1 Å². The van der Waals surface area contributed by atoms with Crippen molar-refractivity contribution in [2.24, 2.45) is 0 Å². The lowest BCUT2D eigenvalue weighted by molar-refractivity contribution is 0.0506. The van der Waals surface area contributed by atoms with Gasteiger partial charge in [0, 0.05) is 6.04 Å². The van der Waals surface area contributed by atoms with Gasteiger partial charge in [0.05, 0.1) is 6.61 Å². The summed E-state index contributed by atoms with van der Waals surface area (Å²) in [7, 11) is 0. The van der Waals surface area contributed by atoms with Crippen molar-refractivity contribution >= 4 is 6.09 Å². The number of aliphatic hydroxyl groups excluding tert-OH is 1. The van der Waals surface area contributed by atoms with E-state index in [2.05, 4.69) is 5.32 Å². The molecule has 0 radical (unpaired) electrons. The molecule has 1 amide bonds. The minimum atomic E-state index is -1.08. The van der Waals surface area contributed by atoms with Gasteiger partial charge in [0.25, 0.3) is 0 Å². The van der Waals surface area contributed by atoms with Crippen molar-refractivity contribution in [1.29, 1.82) is 0 Å². The monoisotopic (exact) mass is 345 g/mol.